The number of rotatable bonds is 4. The van der Waals surface area contributed by atoms with E-state index in [0.717, 1.165) is 9.79 Å². The van der Waals surface area contributed by atoms with Gasteiger partial charge in [0, 0.05) is 9.79 Å². The molecule has 1 aromatic rings. The van der Waals surface area contributed by atoms with E-state index in [2.05, 4.69) is 0 Å². The number of benzene rings is 1. The second-order valence-corrected chi connectivity index (χ2v) is 4.63. The van der Waals surface area contributed by atoms with Crippen molar-refractivity contribution in [1.29, 1.82) is 0 Å². The summed E-state index contributed by atoms with van der Waals surface area (Å²) < 4.78 is 0. The number of thioether (sulfide) groups is 2. The summed E-state index contributed by atoms with van der Waals surface area (Å²) in [7, 11) is 0. The molecule has 0 aliphatic rings. The Balaban J connectivity index is 3.07. The molecule has 0 aliphatic carbocycles. The highest BCUT2D eigenvalue weighted by Crippen LogP contribution is 2.30. The van der Waals surface area contributed by atoms with Gasteiger partial charge in [0.2, 0.25) is 0 Å². The standard InChI is InChI=1S/C10H13NO2S2/c1-14-7-4-3-6(5-8(7)15-2)9(11)10(12)13/h3-5,9H,11H2,1-2H3,(H,12,13). The summed E-state index contributed by atoms with van der Waals surface area (Å²) in [6, 6.07) is 4.58. The van der Waals surface area contributed by atoms with Gasteiger partial charge in [-0.05, 0) is 30.2 Å². The molecule has 0 saturated carbocycles. The minimum absolute atomic E-state index is 0.643. The van der Waals surface area contributed by atoms with Gasteiger partial charge in [-0.1, -0.05) is 6.07 Å². The Kier molecular flexibility index (Phi) is 4.50. The van der Waals surface area contributed by atoms with Crippen LogP contribution in [-0.4, -0.2) is 23.6 Å². The molecule has 0 spiro atoms. The van der Waals surface area contributed by atoms with Gasteiger partial charge in [-0.25, -0.2) is 0 Å². The fraction of sp³-hybridized carbons (Fsp3) is 0.300. The van der Waals surface area contributed by atoms with Crippen LogP contribution < -0.4 is 5.73 Å². The number of carbonyl (C=O) groups is 1. The summed E-state index contributed by atoms with van der Waals surface area (Å²) in [5, 5.41) is 8.79. The Morgan fingerprint density at radius 1 is 1.33 bits per heavy atom. The lowest BCUT2D eigenvalue weighted by Gasteiger charge is -2.10. The number of carboxylic acids is 1. The minimum Gasteiger partial charge on any atom is -0.480 e. The molecule has 0 heterocycles. The van der Waals surface area contributed by atoms with Crippen LogP contribution in [0.5, 0.6) is 0 Å². The predicted molar refractivity (Wildman–Crippen MR) is 64.6 cm³/mol. The van der Waals surface area contributed by atoms with Gasteiger partial charge in [-0.15, -0.1) is 23.5 Å². The Labute approximate surface area is 97.4 Å². The van der Waals surface area contributed by atoms with Crippen molar-refractivity contribution in [2.45, 2.75) is 15.8 Å². The first-order valence-corrected chi connectivity index (χ1v) is 6.75. The maximum Gasteiger partial charge on any atom is 0.325 e. The quantitative estimate of drug-likeness (QED) is 0.794. The fourth-order valence-corrected chi connectivity index (χ4v) is 2.68. The summed E-state index contributed by atoms with van der Waals surface area (Å²) >= 11 is 3.23. The molecule has 0 radical (unpaired) electrons. The topological polar surface area (TPSA) is 63.3 Å². The van der Waals surface area contributed by atoms with E-state index in [1.807, 2.05) is 24.6 Å². The van der Waals surface area contributed by atoms with Crippen LogP contribution >= 0.6 is 23.5 Å². The van der Waals surface area contributed by atoms with Crippen LogP contribution in [0.15, 0.2) is 28.0 Å². The molecule has 3 N–H and O–H groups in total. The lowest BCUT2D eigenvalue weighted by Crippen LogP contribution is -2.20. The SMILES string of the molecule is CSc1ccc(C(N)C(=O)O)cc1SC. The van der Waals surface area contributed by atoms with Gasteiger partial charge in [0.25, 0.3) is 0 Å². The van der Waals surface area contributed by atoms with Crippen LogP contribution in [0.1, 0.15) is 11.6 Å². The lowest BCUT2D eigenvalue weighted by atomic mass is 10.1. The molecule has 1 atom stereocenters. The summed E-state index contributed by atoms with van der Waals surface area (Å²) in [6.07, 6.45) is 3.96. The molecule has 0 aliphatic heterocycles. The predicted octanol–water partition coefficient (Wildman–Crippen LogP) is 2.21. The zero-order chi connectivity index (χ0) is 11.4. The monoisotopic (exact) mass is 243 g/mol. The maximum atomic E-state index is 10.7. The van der Waals surface area contributed by atoms with E-state index in [0.29, 0.717) is 5.56 Å². The van der Waals surface area contributed by atoms with Crippen molar-refractivity contribution in [3.05, 3.63) is 23.8 Å². The van der Waals surface area contributed by atoms with Crippen LogP contribution in [0, 0.1) is 0 Å². The average molecular weight is 243 g/mol. The molecule has 0 aromatic heterocycles. The van der Waals surface area contributed by atoms with E-state index in [9.17, 15) is 4.79 Å². The third kappa shape index (κ3) is 2.90. The summed E-state index contributed by atoms with van der Waals surface area (Å²) in [4.78, 5) is 12.9. The first kappa shape index (κ1) is 12.4. The highest BCUT2D eigenvalue weighted by atomic mass is 32.2. The van der Waals surface area contributed by atoms with E-state index in [1.165, 1.54) is 0 Å². The average Bonchev–Trinajstić information content (AvgIpc) is 2.26. The first-order chi connectivity index (χ1) is 7.10. The highest BCUT2D eigenvalue weighted by Gasteiger charge is 2.15. The van der Waals surface area contributed by atoms with Crippen molar-refractivity contribution < 1.29 is 9.90 Å². The van der Waals surface area contributed by atoms with E-state index < -0.39 is 12.0 Å². The van der Waals surface area contributed by atoms with Crippen molar-refractivity contribution in [2.24, 2.45) is 5.73 Å². The second kappa shape index (κ2) is 5.44. The highest BCUT2D eigenvalue weighted by molar-refractivity contribution is 8.01. The van der Waals surface area contributed by atoms with Crippen molar-refractivity contribution in [3.8, 4) is 0 Å². The molecule has 1 rings (SSSR count). The first-order valence-electron chi connectivity index (χ1n) is 4.30. The molecule has 1 unspecified atom stereocenters. The van der Waals surface area contributed by atoms with Gasteiger partial charge in [-0.2, -0.15) is 0 Å². The second-order valence-electron chi connectivity index (χ2n) is 2.93. The molecule has 0 bridgehead atoms. The van der Waals surface area contributed by atoms with Gasteiger partial charge in [0.1, 0.15) is 6.04 Å². The maximum absolute atomic E-state index is 10.7. The van der Waals surface area contributed by atoms with E-state index in [4.69, 9.17) is 10.8 Å². The molecule has 5 heteroatoms. The zero-order valence-electron chi connectivity index (χ0n) is 8.56. The fourth-order valence-electron chi connectivity index (χ4n) is 1.19. The molecule has 0 saturated heterocycles. The third-order valence-electron chi connectivity index (χ3n) is 2.03. The largest absolute Gasteiger partial charge is 0.480 e. The smallest absolute Gasteiger partial charge is 0.325 e. The Morgan fingerprint density at radius 3 is 2.40 bits per heavy atom. The van der Waals surface area contributed by atoms with Crippen molar-refractivity contribution in [1.82, 2.24) is 0 Å². The lowest BCUT2D eigenvalue weighted by molar-refractivity contribution is -0.138. The van der Waals surface area contributed by atoms with Crippen LogP contribution in [0.2, 0.25) is 0 Å². The van der Waals surface area contributed by atoms with Crippen molar-refractivity contribution >= 4 is 29.5 Å². The Hall–Kier alpha value is -0.650. The zero-order valence-corrected chi connectivity index (χ0v) is 10.2. The van der Waals surface area contributed by atoms with Gasteiger partial charge in [0.05, 0.1) is 0 Å². The third-order valence-corrected chi connectivity index (χ3v) is 3.74. The molecular formula is C10H13NO2S2. The number of carboxylic acid groups (broad SMARTS) is 1. The van der Waals surface area contributed by atoms with Gasteiger partial charge >= 0.3 is 5.97 Å². The van der Waals surface area contributed by atoms with Crippen LogP contribution in [0.4, 0.5) is 0 Å². The summed E-state index contributed by atoms with van der Waals surface area (Å²) in [5.74, 6) is -1.00. The van der Waals surface area contributed by atoms with E-state index in [1.54, 1.807) is 29.6 Å². The normalized spacial score (nSPS) is 12.5. The van der Waals surface area contributed by atoms with Crippen LogP contribution in [0.25, 0.3) is 0 Å². The molecule has 82 valence electrons. The van der Waals surface area contributed by atoms with E-state index >= 15 is 0 Å². The molecular weight excluding hydrogens is 230 g/mol. The molecule has 3 nitrogen and oxygen atoms in total. The minimum atomic E-state index is -1.00. The van der Waals surface area contributed by atoms with E-state index in [-0.39, 0.29) is 0 Å². The number of hydrogen-bond donors (Lipinski definition) is 2. The Bertz CT molecular complexity index is 368. The molecule has 0 amide bonds. The van der Waals surface area contributed by atoms with Crippen LogP contribution in [0.3, 0.4) is 0 Å². The van der Waals surface area contributed by atoms with Gasteiger partial charge in [0.15, 0.2) is 0 Å². The van der Waals surface area contributed by atoms with Crippen LogP contribution in [-0.2, 0) is 4.79 Å². The number of nitrogens with two attached hydrogens (primary N) is 1. The van der Waals surface area contributed by atoms with Crippen molar-refractivity contribution in [2.75, 3.05) is 12.5 Å². The number of aliphatic carboxylic acids is 1. The molecule has 0 fully saturated rings. The van der Waals surface area contributed by atoms with Crippen molar-refractivity contribution in [3.63, 3.8) is 0 Å². The Morgan fingerprint density at radius 2 is 1.93 bits per heavy atom. The summed E-state index contributed by atoms with van der Waals surface area (Å²) in [6.45, 7) is 0. The van der Waals surface area contributed by atoms with Gasteiger partial charge < -0.3 is 10.8 Å². The number of hydrogen-bond acceptors (Lipinski definition) is 4. The summed E-state index contributed by atoms with van der Waals surface area (Å²) in [5.41, 5.74) is 6.18. The molecule has 1 aromatic carbocycles. The molecule has 15 heavy (non-hydrogen) atoms. The van der Waals surface area contributed by atoms with Gasteiger partial charge in [-0.3, -0.25) is 4.79 Å².